The molecule has 2 aromatic heterocycles. The van der Waals surface area contributed by atoms with Gasteiger partial charge in [0.1, 0.15) is 48.7 Å². The number of fused-ring (bicyclic) bond motifs is 1. The van der Waals surface area contributed by atoms with Gasteiger partial charge in [-0.2, -0.15) is 4.98 Å². The van der Waals surface area contributed by atoms with Gasteiger partial charge in [0.15, 0.2) is 11.2 Å². The molecule has 61 heavy (non-hydrogen) atoms. The number of nitrogens with two attached hydrogens (primary N) is 1. The van der Waals surface area contributed by atoms with Crippen molar-refractivity contribution in [3.05, 3.63) is 52.1 Å². The van der Waals surface area contributed by atoms with E-state index in [2.05, 4.69) is 46.5 Å². The van der Waals surface area contributed by atoms with Crippen molar-refractivity contribution in [1.29, 1.82) is 0 Å². The molecule has 10 atom stereocenters. The van der Waals surface area contributed by atoms with E-state index in [1.54, 1.807) is 19.1 Å². The zero-order valence-corrected chi connectivity index (χ0v) is 33.0. The van der Waals surface area contributed by atoms with Crippen molar-refractivity contribution in [2.75, 3.05) is 24.3 Å². The van der Waals surface area contributed by atoms with Gasteiger partial charge in [-0.05, 0) is 51.0 Å². The minimum Gasteiger partial charge on any atom is -0.481 e. The molecule has 0 saturated heterocycles. The standard InChI is InChI=1S/C36H52N10O15/c1-15(40-32(58)17-4-6-18(7-5-17)38-11-19-12-39-31-26(42-19)35(61)46-36(37)45-31)3-9-23(51)44-25(30(57)29(56)22(50)14-48)34(60)43-20(8-10-24(52)53)33(59)41-16(2)27(54)28(55)21(49)13-47/h4-7,12,15-16,20-22,25,27-30,38,47-50,54-57H,3,8-11,13-14H2,1-2H3,(H,40,58)(H,41,59)(H,43,60)(H,44,51)(H,52,53)(H3,37,39,45,46,61)/t15-,16-,20+,21-,22-,25+,27-,28-,29-,30-/m1/s1. The maximum atomic E-state index is 13.5. The van der Waals surface area contributed by atoms with E-state index >= 15 is 0 Å². The summed E-state index contributed by atoms with van der Waals surface area (Å²) in [4.78, 5) is 90.7. The second-order valence-electron chi connectivity index (χ2n) is 14.1. The minimum absolute atomic E-state index is 0.0126. The highest BCUT2D eigenvalue weighted by Gasteiger charge is 2.39. The van der Waals surface area contributed by atoms with Crippen LogP contribution in [-0.4, -0.2) is 169 Å². The lowest BCUT2D eigenvalue weighted by molar-refractivity contribution is -0.141. The summed E-state index contributed by atoms with van der Waals surface area (Å²) in [6.07, 6.45) is -12.3. The Hall–Kier alpha value is -5.93. The van der Waals surface area contributed by atoms with Gasteiger partial charge >= 0.3 is 5.97 Å². The molecule has 4 amide bonds. The van der Waals surface area contributed by atoms with Crippen molar-refractivity contribution in [1.82, 2.24) is 41.2 Å². The van der Waals surface area contributed by atoms with Crippen LogP contribution in [0.25, 0.3) is 11.2 Å². The van der Waals surface area contributed by atoms with Gasteiger partial charge < -0.3 is 78.3 Å². The number of aromatic nitrogens is 4. The normalized spacial score (nSPS) is 16.4. The molecule has 2 heterocycles. The molecule has 1 aromatic carbocycles. The topological polar surface area (TPSA) is 425 Å². The summed E-state index contributed by atoms with van der Waals surface area (Å²) in [5.74, 6) is -5.36. The van der Waals surface area contributed by atoms with Crippen LogP contribution in [0, 0.1) is 0 Å². The Kier molecular flexibility index (Phi) is 18.8. The zero-order chi connectivity index (χ0) is 45.6. The number of H-pyrrole nitrogens is 1. The lowest BCUT2D eigenvalue weighted by atomic mass is 9.99. The monoisotopic (exact) mass is 864 g/mol. The van der Waals surface area contributed by atoms with E-state index < -0.39 is 122 Å². The van der Waals surface area contributed by atoms with Crippen LogP contribution in [0.5, 0.6) is 0 Å². The first kappa shape index (κ1) is 49.4. The number of amides is 4. The third kappa shape index (κ3) is 14.6. The summed E-state index contributed by atoms with van der Waals surface area (Å²) >= 11 is 0. The van der Waals surface area contributed by atoms with Crippen molar-refractivity contribution < 1.29 is 69.9 Å². The molecule has 17 N–H and O–H groups in total. The molecule has 0 fully saturated rings. The second-order valence-corrected chi connectivity index (χ2v) is 14.1. The van der Waals surface area contributed by atoms with Gasteiger partial charge in [-0.3, -0.25) is 33.8 Å². The van der Waals surface area contributed by atoms with Gasteiger partial charge in [0.2, 0.25) is 23.7 Å². The molecule has 3 rings (SSSR count). The van der Waals surface area contributed by atoms with Crippen molar-refractivity contribution in [2.45, 2.75) is 107 Å². The minimum atomic E-state index is -2.30. The van der Waals surface area contributed by atoms with Crippen molar-refractivity contribution in [3.63, 3.8) is 0 Å². The molecular formula is C36H52N10O15. The van der Waals surface area contributed by atoms with E-state index in [1.807, 2.05) is 0 Å². The Balaban J connectivity index is 1.63. The summed E-state index contributed by atoms with van der Waals surface area (Å²) in [5.41, 5.74) is 6.37. The van der Waals surface area contributed by atoms with Crippen molar-refractivity contribution in [2.24, 2.45) is 0 Å². The van der Waals surface area contributed by atoms with Gasteiger partial charge in [-0.15, -0.1) is 0 Å². The summed E-state index contributed by atoms with van der Waals surface area (Å²) in [7, 11) is 0. The lowest BCUT2D eigenvalue weighted by Gasteiger charge is -2.31. The largest absolute Gasteiger partial charge is 0.481 e. The van der Waals surface area contributed by atoms with Gasteiger partial charge in [0.05, 0.1) is 37.7 Å². The molecule has 0 radical (unpaired) electrons. The number of aliphatic hydroxyl groups is 8. The third-order valence-electron chi connectivity index (χ3n) is 9.25. The Morgan fingerprint density at radius 3 is 2.00 bits per heavy atom. The number of carbonyl (C=O) groups excluding carboxylic acids is 4. The first-order valence-corrected chi connectivity index (χ1v) is 18.8. The van der Waals surface area contributed by atoms with E-state index in [9.17, 15) is 69.6 Å². The summed E-state index contributed by atoms with van der Waals surface area (Å²) in [6.45, 7) is 0.937. The maximum absolute atomic E-state index is 13.5. The van der Waals surface area contributed by atoms with Crippen LogP contribution in [0.15, 0.2) is 35.3 Å². The van der Waals surface area contributed by atoms with E-state index in [0.29, 0.717) is 11.4 Å². The predicted octanol–water partition coefficient (Wildman–Crippen LogP) is -5.71. The summed E-state index contributed by atoms with van der Waals surface area (Å²) in [5, 5.41) is 101. The van der Waals surface area contributed by atoms with Crippen LogP contribution < -0.4 is 37.9 Å². The third-order valence-corrected chi connectivity index (χ3v) is 9.25. The molecule has 0 aliphatic rings. The number of hydrogen-bond acceptors (Lipinski definition) is 19. The fourth-order valence-corrected chi connectivity index (χ4v) is 5.64. The van der Waals surface area contributed by atoms with Crippen LogP contribution >= 0.6 is 0 Å². The molecular weight excluding hydrogens is 812 g/mol. The highest BCUT2D eigenvalue weighted by molar-refractivity contribution is 5.95. The van der Waals surface area contributed by atoms with E-state index in [1.165, 1.54) is 25.3 Å². The number of nitrogens with zero attached hydrogens (tertiary/aromatic N) is 3. The molecule has 25 nitrogen and oxygen atoms in total. The SMILES string of the molecule is C[C@H](CCC(=O)N[C@H](C(=O)N[C@@H](CCC(=O)O)C(=O)N[C@H](C)[C@@H](O)[C@H](O)[C@H](O)CO)[C@@H](O)[C@H](O)[C@H](O)CO)NC(=O)c1ccc(NCc2cnc3nc(N)[nH]c(=O)c3n2)cc1. The van der Waals surface area contributed by atoms with E-state index in [0.717, 1.165) is 0 Å². The number of rotatable bonds is 24. The predicted molar refractivity (Wildman–Crippen MR) is 211 cm³/mol. The maximum Gasteiger partial charge on any atom is 0.303 e. The smallest absolute Gasteiger partial charge is 0.303 e. The Morgan fingerprint density at radius 1 is 0.770 bits per heavy atom. The second kappa shape index (κ2) is 23.2. The molecule has 3 aromatic rings. The van der Waals surface area contributed by atoms with Gasteiger partial charge in [-0.1, -0.05) is 0 Å². The molecule has 0 aliphatic carbocycles. The van der Waals surface area contributed by atoms with Crippen LogP contribution in [0.3, 0.4) is 0 Å². The van der Waals surface area contributed by atoms with Gasteiger partial charge in [0, 0.05) is 30.1 Å². The average molecular weight is 865 g/mol. The zero-order valence-electron chi connectivity index (χ0n) is 33.0. The van der Waals surface area contributed by atoms with Crippen molar-refractivity contribution >= 4 is 52.4 Å². The fraction of sp³-hybridized carbons (Fsp3) is 0.528. The number of carboxylic acids is 1. The molecule has 0 unspecified atom stereocenters. The molecule has 0 saturated carbocycles. The number of hydrogen-bond donors (Lipinski definition) is 16. The fourth-order valence-electron chi connectivity index (χ4n) is 5.64. The van der Waals surface area contributed by atoms with Crippen LogP contribution in [0.1, 0.15) is 55.6 Å². The lowest BCUT2D eigenvalue weighted by Crippen LogP contribution is -2.62. The highest BCUT2D eigenvalue weighted by atomic mass is 16.4. The number of aliphatic carboxylic acids is 1. The Labute approximate surface area is 346 Å². The summed E-state index contributed by atoms with van der Waals surface area (Å²) < 4.78 is 0. The molecule has 0 aliphatic heterocycles. The Bertz CT molecular complexity index is 2020. The van der Waals surface area contributed by atoms with Crippen LogP contribution in [-0.2, 0) is 25.7 Å². The average Bonchev–Trinajstić information content (AvgIpc) is 3.23. The molecule has 0 spiro atoms. The first-order chi connectivity index (χ1) is 28.7. The number of nitrogen functional groups attached to an aromatic ring is 1. The first-order valence-electron chi connectivity index (χ1n) is 18.8. The highest BCUT2D eigenvalue weighted by Crippen LogP contribution is 2.14. The van der Waals surface area contributed by atoms with Crippen molar-refractivity contribution in [3.8, 4) is 0 Å². The molecule has 25 heteroatoms. The number of benzene rings is 1. The number of anilines is 2. The van der Waals surface area contributed by atoms with E-state index in [-0.39, 0.29) is 42.1 Å². The Morgan fingerprint density at radius 2 is 1.39 bits per heavy atom. The molecule has 336 valence electrons. The number of aromatic amines is 1. The number of carbonyl (C=O) groups is 5. The van der Waals surface area contributed by atoms with Crippen LogP contribution in [0.2, 0.25) is 0 Å². The number of aliphatic hydroxyl groups excluding tert-OH is 8. The van der Waals surface area contributed by atoms with Crippen LogP contribution in [0.4, 0.5) is 11.6 Å². The summed E-state index contributed by atoms with van der Waals surface area (Å²) in [6, 6.07) is 0.449. The van der Waals surface area contributed by atoms with Gasteiger partial charge in [0.25, 0.3) is 11.5 Å². The quantitative estimate of drug-likeness (QED) is 0.0399. The van der Waals surface area contributed by atoms with Gasteiger partial charge in [-0.25, -0.2) is 9.97 Å². The number of carboxylic acid groups (broad SMARTS) is 1. The molecule has 0 bridgehead atoms. The van der Waals surface area contributed by atoms with E-state index in [4.69, 9.17) is 10.8 Å². The number of nitrogens with one attached hydrogen (secondary N) is 6.